The van der Waals surface area contributed by atoms with E-state index in [1.807, 2.05) is 7.05 Å². The second-order valence-corrected chi connectivity index (χ2v) is 3.62. The predicted octanol–water partition coefficient (Wildman–Crippen LogP) is 1.32. The zero-order chi connectivity index (χ0) is 11.0. The van der Waals surface area contributed by atoms with Gasteiger partial charge in [0.05, 0.1) is 6.61 Å². The fourth-order valence-electron chi connectivity index (χ4n) is 1.07. The molecule has 0 bridgehead atoms. The lowest BCUT2D eigenvalue weighted by atomic mass is 10.1. The molecule has 0 aliphatic carbocycles. The molecular formula is C10H22N2O2. The summed E-state index contributed by atoms with van der Waals surface area (Å²) < 4.78 is 4.84. The van der Waals surface area contributed by atoms with Gasteiger partial charge in [0.2, 0.25) is 0 Å². The Balaban J connectivity index is 3.64. The maximum absolute atomic E-state index is 11.4. The lowest BCUT2D eigenvalue weighted by Crippen LogP contribution is -2.40. The number of methoxy groups -OCH3 is 1. The van der Waals surface area contributed by atoms with E-state index >= 15 is 0 Å². The molecule has 4 heteroatoms. The van der Waals surface area contributed by atoms with E-state index in [9.17, 15) is 4.79 Å². The fourth-order valence-corrected chi connectivity index (χ4v) is 1.07. The van der Waals surface area contributed by atoms with Gasteiger partial charge in [0.25, 0.3) is 0 Å². The third kappa shape index (κ3) is 5.80. The number of amides is 2. The number of hydrogen-bond acceptors (Lipinski definition) is 2. The molecule has 0 aliphatic rings. The third-order valence-corrected chi connectivity index (χ3v) is 2.21. The van der Waals surface area contributed by atoms with E-state index < -0.39 is 0 Å². The summed E-state index contributed by atoms with van der Waals surface area (Å²) in [6, 6.07) is -0.0256. The Morgan fingerprint density at radius 1 is 1.57 bits per heavy atom. The normalized spacial score (nSPS) is 12.3. The molecule has 84 valence electrons. The van der Waals surface area contributed by atoms with Crippen LogP contribution >= 0.6 is 0 Å². The molecule has 14 heavy (non-hydrogen) atoms. The molecule has 4 nitrogen and oxygen atoms in total. The average molecular weight is 202 g/mol. The Kier molecular flexibility index (Phi) is 7.20. The average Bonchev–Trinajstić information content (AvgIpc) is 2.17. The number of ether oxygens (including phenoxy) is 1. The van der Waals surface area contributed by atoms with Gasteiger partial charge in [0.1, 0.15) is 0 Å². The topological polar surface area (TPSA) is 41.6 Å². The summed E-state index contributed by atoms with van der Waals surface area (Å²) in [5.41, 5.74) is 0. The highest BCUT2D eigenvalue weighted by Gasteiger charge is 2.09. The molecule has 0 saturated heterocycles. The van der Waals surface area contributed by atoms with Crippen molar-refractivity contribution < 1.29 is 9.53 Å². The molecular weight excluding hydrogens is 180 g/mol. The first-order chi connectivity index (χ1) is 6.61. The van der Waals surface area contributed by atoms with Crippen molar-refractivity contribution in [2.45, 2.75) is 20.3 Å². The standard InChI is InChI=1S/C10H22N2O2/c1-5-9(2)8-12(3)10(13)11-6-7-14-4/h9H,5-8H2,1-4H3,(H,11,13)/t9-/m1/s1. The molecule has 0 heterocycles. The third-order valence-electron chi connectivity index (χ3n) is 2.21. The number of rotatable bonds is 6. The second-order valence-electron chi connectivity index (χ2n) is 3.62. The molecule has 1 N–H and O–H groups in total. The number of carbonyl (C=O) groups excluding carboxylic acids is 1. The smallest absolute Gasteiger partial charge is 0.317 e. The maximum Gasteiger partial charge on any atom is 0.317 e. The monoisotopic (exact) mass is 202 g/mol. The number of nitrogens with one attached hydrogen (secondary N) is 1. The molecule has 1 atom stereocenters. The summed E-state index contributed by atoms with van der Waals surface area (Å²) in [4.78, 5) is 13.1. The summed E-state index contributed by atoms with van der Waals surface area (Å²) in [5.74, 6) is 0.549. The van der Waals surface area contributed by atoms with Gasteiger partial charge in [-0.2, -0.15) is 0 Å². The van der Waals surface area contributed by atoms with Crippen LogP contribution in [-0.2, 0) is 4.74 Å². The Hall–Kier alpha value is -0.770. The van der Waals surface area contributed by atoms with Crippen molar-refractivity contribution >= 4 is 6.03 Å². The molecule has 0 saturated carbocycles. The van der Waals surface area contributed by atoms with Gasteiger partial charge in [-0.15, -0.1) is 0 Å². The minimum Gasteiger partial charge on any atom is -0.383 e. The van der Waals surface area contributed by atoms with Crippen LogP contribution in [0.2, 0.25) is 0 Å². The lowest BCUT2D eigenvalue weighted by Gasteiger charge is -2.21. The summed E-state index contributed by atoms with van der Waals surface area (Å²) in [7, 11) is 3.43. The van der Waals surface area contributed by atoms with Crippen LogP contribution in [0.25, 0.3) is 0 Å². The van der Waals surface area contributed by atoms with Crippen LogP contribution in [0.15, 0.2) is 0 Å². The van der Waals surface area contributed by atoms with Crippen molar-refractivity contribution in [2.75, 3.05) is 33.9 Å². The predicted molar refractivity (Wildman–Crippen MR) is 57.4 cm³/mol. The van der Waals surface area contributed by atoms with Crippen molar-refractivity contribution in [3.8, 4) is 0 Å². The zero-order valence-electron chi connectivity index (χ0n) is 9.67. The minimum atomic E-state index is -0.0256. The molecule has 0 aromatic heterocycles. The van der Waals surface area contributed by atoms with Crippen molar-refractivity contribution in [3.63, 3.8) is 0 Å². The van der Waals surface area contributed by atoms with E-state index in [1.54, 1.807) is 12.0 Å². The second kappa shape index (κ2) is 7.62. The number of nitrogens with zero attached hydrogens (tertiary/aromatic N) is 1. The van der Waals surface area contributed by atoms with Gasteiger partial charge in [0, 0.05) is 27.2 Å². The van der Waals surface area contributed by atoms with Crippen molar-refractivity contribution in [1.82, 2.24) is 10.2 Å². The van der Waals surface area contributed by atoms with Gasteiger partial charge in [-0.05, 0) is 5.92 Å². The van der Waals surface area contributed by atoms with Crippen LogP contribution in [-0.4, -0.2) is 44.8 Å². The first-order valence-corrected chi connectivity index (χ1v) is 5.09. The number of hydrogen-bond donors (Lipinski definition) is 1. The highest BCUT2D eigenvalue weighted by atomic mass is 16.5. The first-order valence-electron chi connectivity index (χ1n) is 5.09. The van der Waals surface area contributed by atoms with E-state index in [0.29, 0.717) is 19.1 Å². The molecule has 0 rings (SSSR count). The van der Waals surface area contributed by atoms with Crippen LogP contribution in [0.1, 0.15) is 20.3 Å². The molecule has 0 unspecified atom stereocenters. The van der Waals surface area contributed by atoms with Crippen molar-refractivity contribution in [1.29, 1.82) is 0 Å². The van der Waals surface area contributed by atoms with Gasteiger partial charge < -0.3 is 15.0 Å². The van der Waals surface area contributed by atoms with E-state index in [-0.39, 0.29) is 6.03 Å². The molecule has 0 aromatic rings. The fraction of sp³-hybridized carbons (Fsp3) is 0.900. The summed E-state index contributed by atoms with van der Waals surface area (Å²) in [5, 5.41) is 2.77. The largest absolute Gasteiger partial charge is 0.383 e. The highest BCUT2D eigenvalue weighted by molar-refractivity contribution is 5.73. The SMILES string of the molecule is CC[C@@H](C)CN(C)C(=O)NCCOC. The lowest BCUT2D eigenvalue weighted by molar-refractivity contribution is 0.181. The maximum atomic E-state index is 11.4. The quantitative estimate of drug-likeness (QED) is 0.660. The molecule has 2 amide bonds. The molecule has 0 aromatic carbocycles. The Morgan fingerprint density at radius 3 is 2.71 bits per heavy atom. The first kappa shape index (κ1) is 13.2. The summed E-state index contributed by atoms with van der Waals surface area (Å²) in [6.07, 6.45) is 1.09. The van der Waals surface area contributed by atoms with Gasteiger partial charge in [0.15, 0.2) is 0 Å². The number of carbonyl (C=O) groups is 1. The van der Waals surface area contributed by atoms with Gasteiger partial charge >= 0.3 is 6.03 Å². The van der Waals surface area contributed by atoms with Gasteiger partial charge in [-0.3, -0.25) is 0 Å². The van der Waals surface area contributed by atoms with Crippen LogP contribution in [0.4, 0.5) is 4.79 Å². The number of urea groups is 1. The van der Waals surface area contributed by atoms with Crippen LogP contribution < -0.4 is 5.32 Å². The Morgan fingerprint density at radius 2 is 2.21 bits per heavy atom. The van der Waals surface area contributed by atoms with E-state index in [4.69, 9.17) is 4.74 Å². The summed E-state index contributed by atoms with van der Waals surface area (Å²) >= 11 is 0. The van der Waals surface area contributed by atoms with Crippen molar-refractivity contribution in [3.05, 3.63) is 0 Å². The van der Waals surface area contributed by atoms with E-state index in [2.05, 4.69) is 19.2 Å². The molecule has 0 radical (unpaired) electrons. The van der Waals surface area contributed by atoms with Crippen molar-refractivity contribution in [2.24, 2.45) is 5.92 Å². The van der Waals surface area contributed by atoms with Gasteiger partial charge in [-0.25, -0.2) is 4.79 Å². The van der Waals surface area contributed by atoms with Crippen LogP contribution in [0.3, 0.4) is 0 Å². The van der Waals surface area contributed by atoms with Crippen LogP contribution in [0.5, 0.6) is 0 Å². The summed E-state index contributed by atoms with van der Waals surface area (Å²) in [6.45, 7) is 6.19. The Bertz CT molecular complexity index is 162. The minimum absolute atomic E-state index is 0.0256. The molecule has 0 aliphatic heterocycles. The van der Waals surface area contributed by atoms with Crippen LogP contribution in [0, 0.1) is 5.92 Å². The highest BCUT2D eigenvalue weighted by Crippen LogP contribution is 2.02. The molecule has 0 spiro atoms. The zero-order valence-corrected chi connectivity index (χ0v) is 9.67. The Labute approximate surface area is 86.6 Å². The van der Waals surface area contributed by atoms with Gasteiger partial charge in [-0.1, -0.05) is 20.3 Å². The van der Waals surface area contributed by atoms with E-state index in [0.717, 1.165) is 13.0 Å². The molecule has 0 fully saturated rings. The van der Waals surface area contributed by atoms with E-state index in [1.165, 1.54) is 0 Å².